The Morgan fingerprint density at radius 3 is 2.44 bits per heavy atom. The predicted octanol–water partition coefficient (Wildman–Crippen LogP) is 3.84. The third-order valence-electron chi connectivity index (χ3n) is 8.43. The number of oxazole rings is 1. The molecule has 1 aliphatic carbocycles. The van der Waals surface area contributed by atoms with Gasteiger partial charge in [0.2, 0.25) is 11.8 Å². The molecule has 3 amide bonds. The molecule has 3 fully saturated rings. The van der Waals surface area contributed by atoms with Gasteiger partial charge in [-0.3, -0.25) is 19.5 Å². The van der Waals surface area contributed by atoms with Gasteiger partial charge in [-0.05, 0) is 108 Å². The van der Waals surface area contributed by atoms with E-state index < -0.39 is 23.3 Å². The molecule has 2 aromatic rings. The minimum atomic E-state index is -0.728. The van der Waals surface area contributed by atoms with Crippen LogP contribution in [0.3, 0.4) is 0 Å². The number of fused-ring (bicyclic) bond motifs is 1. The number of alkyl carbamates (subject to hydrolysis) is 1. The summed E-state index contributed by atoms with van der Waals surface area (Å²) < 4.78 is 12.3. The smallest absolute Gasteiger partial charge is 0.420 e. The Hall–Kier alpha value is -3.14. The molecule has 39 heavy (non-hydrogen) atoms. The fourth-order valence-electron chi connectivity index (χ4n) is 6.38. The largest absolute Gasteiger partial charge is 0.444 e. The second-order valence-electron chi connectivity index (χ2n) is 12.3. The number of ether oxygens (including phenoxy) is 1. The lowest BCUT2D eigenvalue weighted by Gasteiger charge is -2.41. The number of benzene rings is 1. The standard InChI is InChI=1S/C29H40N4O6/c1-29(2,3)39-27(36)30-17-18-4-7-21(8-5-18)32-14-12-19(13-15-32)20-6-9-22-24(16-20)38-28(37)33(22)23-10-11-25(34)31-26(23)35/h6,9,16,18-19,21,23H,4-5,7-8,10-15,17H2,1-3H3,(H,30,36)(H,31,34,35)/t18-,21-,23?. The van der Waals surface area contributed by atoms with E-state index in [0.717, 1.165) is 57.2 Å². The van der Waals surface area contributed by atoms with Crippen molar-refractivity contribution in [3.8, 4) is 0 Å². The maximum absolute atomic E-state index is 12.6. The summed E-state index contributed by atoms with van der Waals surface area (Å²) >= 11 is 0. The van der Waals surface area contributed by atoms with E-state index in [-0.39, 0.29) is 18.4 Å². The number of hydrogen-bond donors (Lipinski definition) is 2. The van der Waals surface area contributed by atoms with E-state index in [0.29, 0.717) is 41.9 Å². The highest BCUT2D eigenvalue weighted by Gasteiger charge is 2.33. The molecule has 212 valence electrons. The van der Waals surface area contributed by atoms with Crippen LogP contribution >= 0.6 is 0 Å². The summed E-state index contributed by atoms with van der Waals surface area (Å²) in [6, 6.07) is 5.73. The minimum absolute atomic E-state index is 0.205. The number of aromatic nitrogens is 1. The molecule has 3 heterocycles. The Labute approximate surface area is 228 Å². The average molecular weight is 541 g/mol. The fourth-order valence-corrected chi connectivity index (χ4v) is 6.38. The van der Waals surface area contributed by atoms with Gasteiger partial charge in [0.05, 0.1) is 5.52 Å². The molecular formula is C29H40N4O6. The summed E-state index contributed by atoms with van der Waals surface area (Å²) in [7, 11) is 0. The lowest BCUT2D eigenvalue weighted by Crippen LogP contribution is -2.44. The van der Waals surface area contributed by atoms with Gasteiger partial charge in [-0.25, -0.2) is 9.59 Å². The Morgan fingerprint density at radius 2 is 1.77 bits per heavy atom. The number of piperidine rings is 2. The predicted molar refractivity (Wildman–Crippen MR) is 145 cm³/mol. The molecule has 0 radical (unpaired) electrons. The van der Waals surface area contributed by atoms with Crippen molar-refractivity contribution < 1.29 is 23.5 Å². The monoisotopic (exact) mass is 540 g/mol. The van der Waals surface area contributed by atoms with Crippen molar-refractivity contribution in [2.45, 2.75) is 95.7 Å². The van der Waals surface area contributed by atoms with Gasteiger partial charge in [0.15, 0.2) is 5.58 Å². The Bertz CT molecular complexity index is 1270. The second-order valence-corrected chi connectivity index (χ2v) is 12.3. The molecule has 5 rings (SSSR count). The third-order valence-corrected chi connectivity index (χ3v) is 8.43. The number of hydrogen-bond acceptors (Lipinski definition) is 7. The van der Waals surface area contributed by atoms with Gasteiger partial charge in [0.1, 0.15) is 11.6 Å². The van der Waals surface area contributed by atoms with Crippen LogP contribution in [0.5, 0.6) is 0 Å². The Morgan fingerprint density at radius 1 is 1.05 bits per heavy atom. The maximum Gasteiger partial charge on any atom is 0.420 e. The summed E-state index contributed by atoms with van der Waals surface area (Å²) in [5.74, 6) is -0.442. The van der Waals surface area contributed by atoms with Crippen molar-refractivity contribution in [3.05, 3.63) is 34.3 Å². The molecule has 1 unspecified atom stereocenters. The van der Waals surface area contributed by atoms with E-state index in [2.05, 4.69) is 15.5 Å². The molecule has 1 saturated carbocycles. The van der Waals surface area contributed by atoms with E-state index in [9.17, 15) is 19.2 Å². The topological polar surface area (TPSA) is 123 Å². The fraction of sp³-hybridized carbons (Fsp3) is 0.655. The van der Waals surface area contributed by atoms with E-state index in [1.54, 1.807) is 0 Å². The van der Waals surface area contributed by atoms with Crippen LogP contribution in [0.15, 0.2) is 27.4 Å². The van der Waals surface area contributed by atoms with Crippen LogP contribution in [0.4, 0.5) is 4.79 Å². The molecule has 3 aliphatic rings. The quantitative estimate of drug-likeness (QED) is 0.553. The molecular weight excluding hydrogens is 500 g/mol. The molecule has 2 aliphatic heterocycles. The molecule has 10 nitrogen and oxygen atoms in total. The van der Waals surface area contributed by atoms with Gasteiger partial charge >= 0.3 is 11.8 Å². The van der Waals surface area contributed by atoms with Gasteiger partial charge in [0.25, 0.3) is 0 Å². The Balaban J connectivity index is 1.13. The third kappa shape index (κ3) is 6.37. The molecule has 0 bridgehead atoms. The second kappa shape index (κ2) is 11.2. The summed E-state index contributed by atoms with van der Waals surface area (Å²) in [5, 5.41) is 5.25. The Kier molecular flexibility index (Phi) is 7.84. The molecule has 10 heteroatoms. The van der Waals surface area contributed by atoms with Crippen LogP contribution in [-0.2, 0) is 14.3 Å². The summed E-state index contributed by atoms with van der Waals surface area (Å²) in [6.45, 7) is 8.37. The number of carbonyl (C=O) groups excluding carboxylic acids is 3. The zero-order valence-corrected chi connectivity index (χ0v) is 23.2. The van der Waals surface area contributed by atoms with Gasteiger partial charge in [-0.1, -0.05) is 6.07 Å². The van der Waals surface area contributed by atoms with Crippen molar-refractivity contribution in [2.75, 3.05) is 19.6 Å². The summed E-state index contributed by atoms with van der Waals surface area (Å²) in [5.41, 5.74) is 1.76. The van der Waals surface area contributed by atoms with Crippen LogP contribution in [0.1, 0.15) is 89.7 Å². The van der Waals surface area contributed by atoms with E-state index in [1.165, 1.54) is 4.57 Å². The number of nitrogens with one attached hydrogen (secondary N) is 2. The number of imide groups is 1. The van der Waals surface area contributed by atoms with E-state index in [1.807, 2.05) is 39.0 Å². The number of nitrogens with zero attached hydrogens (tertiary/aromatic N) is 2. The maximum atomic E-state index is 12.6. The van der Waals surface area contributed by atoms with Crippen molar-refractivity contribution in [3.63, 3.8) is 0 Å². The van der Waals surface area contributed by atoms with Crippen LogP contribution < -0.4 is 16.4 Å². The highest BCUT2D eigenvalue weighted by molar-refractivity contribution is 6.00. The van der Waals surface area contributed by atoms with E-state index >= 15 is 0 Å². The number of likely N-dealkylation sites (tertiary alicyclic amines) is 1. The number of rotatable bonds is 5. The molecule has 1 atom stereocenters. The first-order valence-corrected chi connectivity index (χ1v) is 14.3. The molecule has 1 aromatic heterocycles. The van der Waals surface area contributed by atoms with Gasteiger partial charge in [-0.2, -0.15) is 0 Å². The zero-order valence-electron chi connectivity index (χ0n) is 23.2. The van der Waals surface area contributed by atoms with Crippen LogP contribution in [0.25, 0.3) is 11.1 Å². The first-order chi connectivity index (χ1) is 18.6. The molecule has 0 spiro atoms. The van der Waals surface area contributed by atoms with Gasteiger partial charge in [0, 0.05) is 19.0 Å². The van der Waals surface area contributed by atoms with Gasteiger partial charge < -0.3 is 19.4 Å². The zero-order chi connectivity index (χ0) is 27.7. The van der Waals surface area contributed by atoms with E-state index in [4.69, 9.17) is 9.15 Å². The summed E-state index contributed by atoms with van der Waals surface area (Å²) in [4.78, 5) is 51.0. The van der Waals surface area contributed by atoms with Gasteiger partial charge in [-0.15, -0.1) is 0 Å². The summed E-state index contributed by atoms with van der Waals surface area (Å²) in [6.07, 6.45) is 6.77. The first-order valence-electron chi connectivity index (χ1n) is 14.3. The van der Waals surface area contributed by atoms with Crippen LogP contribution in [0.2, 0.25) is 0 Å². The number of carbonyl (C=O) groups is 3. The lowest BCUT2D eigenvalue weighted by atomic mass is 9.83. The molecule has 2 N–H and O–H groups in total. The minimum Gasteiger partial charge on any atom is -0.444 e. The number of amides is 3. The highest BCUT2D eigenvalue weighted by atomic mass is 16.6. The van der Waals surface area contributed by atoms with Crippen LogP contribution in [-0.4, -0.2) is 58.7 Å². The van der Waals surface area contributed by atoms with Crippen molar-refractivity contribution in [2.24, 2.45) is 5.92 Å². The SMILES string of the molecule is CC(C)(C)OC(=O)NC[C@H]1CC[C@H](N2CCC(c3ccc4c(c3)oc(=O)n4C3CCC(=O)NC3=O)CC2)CC1. The normalized spacial score (nSPS) is 25.5. The van der Waals surface area contributed by atoms with Crippen molar-refractivity contribution in [1.82, 2.24) is 20.1 Å². The van der Waals surface area contributed by atoms with Crippen molar-refractivity contribution >= 4 is 29.0 Å². The lowest BCUT2D eigenvalue weighted by molar-refractivity contribution is -0.135. The first kappa shape index (κ1) is 27.4. The molecule has 2 saturated heterocycles. The molecule has 1 aromatic carbocycles. The average Bonchev–Trinajstić information content (AvgIpc) is 3.22. The van der Waals surface area contributed by atoms with Crippen LogP contribution in [0, 0.1) is 5.92 Å². The van der Waals surface area contributed by atoms with Crippen molar-refractivity contribution in [1.29, 1.82) is 0 Å². The highest BCUT2D eigenvalue weighted by Crippen LogP contribution is 2.35.